The molecule has 0 atom stereocenters. The van der Waals surface area contributed by atoms with E-state index in [9.17, 15) is 25.9 Å². The fraction of sp³-hybridized carbons (Fsp3) is 0.360. The average molecular weight is 1100 g/mol. The van der Waals surface area contributed by atoms with E-state index in [0.29, 0.717) is 57.3 Å². The van der Waals surface area contributed by atoms with Crippen LogP contribution in [0.15, 0.2) is 107 Å². The van der Waals surface area contributed by atoms with Gasteiger partial charge in [0.2, 0.25) is 35.7 Å². The Morgan fingerprint density at radius 2 is 0.818 bits per heavy atom. The number of hydrogen-bond donors (Lipinski definition) is 13. The van der Waals surface area contributed by atoms with Crippen molar-refractivity contribution in [3.05, 3.63) is 108 Å². The summed E-state index contributed by atoms with van der Waals surface area (Å²) >= 11 is 0. The standard InChI is InChI=1S/C50H68N16O9S2/c1-2-20-51-22-23-52-24-25-53-26-27-54-28-29-56-46-63-48(58-40-12-7-4-8-13-40)66-50(64-46)60-42-19-17-38(44(36-42)77(71,72)73)15-14-37-16-18-41(35-43(37)76(68,69)70)59-49-62-45(55-21-9-31-74-33-34-75-32-30-67)61-47(65-49)57-39-10-5-3-6-11-39/h3-8,10-19,35-36,51-54,67H,2,9,20-34H2,1H3,(H,68,69,70)(H,71,72,73)(H3,55,57,59,61,62,65)(H3,56,58,60,63,64,66)/b15-14+. The van der Waals surface area contributed by atoms with Gasteiger partial charge in [-0.15, -0.1) is 0 Å². The zero-order valence-corrected chi connectivity index (χ0v) is 44.3. The zero-order valence-electron chi connectivity index (χ0n) is 42.7. The minimum absolute atomic E-state index is 0.0111. The van der Waals surface area contributed by atoms with Gasteiger partial charge in [0.15, 0.2) is 0 Å². The van der Waals surface area contributed by atoms with Gasteiger partial charge < -0.3 is 67.7 Å². The highest BCUT2D eigenvalue weighted by Crippen LogP contribution is 2.29. The van der Waals surface area contributed by atoms with Gasteiger partial charge in [-0.1, -0.05) is 67.6 Å². The Bertz CT molecular complexity index is 2990. The van der Waals surface area contributed by atoms with Crippen LogP contribution >= 0.6 is 0 Å². The van der Waals surface area contributed by atoms with Crippen molar-refractivity contribution in [2.24, 2.45) is 0 Å². The van der Waals surface area contributed by atoms with Crippen molar-refractivity contribution in [2.45, 2.75) is 29.6 Å². The molecule has 2 heterocycles. The lowest BCUT2D eigenvalue weighted by molar-refractivity contribution is 0.0331. The van der Waals surface area contributed by atoms with E-state index in [4.69, 9.17) is 14.6 Å². The van der Waals surface area contributed by atoms with Crippen molar-refractivity contribution in [1.29, 1.82) is 0 Å². The minimum Gasteiger partial charge on any atom is -0.394 e. The SMILES string of the molecule is CCCNCCNCCNCCNCCNc1nc(Nc2ccccc2)nc(Nc2ccc(/C=C/c3ccc(Nc4nc(NCCCOCCOCCO)nc(Nc5ccccc5)n4)cc3S(=O)(=O)O)c(S(=O)(=O)O)c2)n1. The number of nitrogens with one attached hydrogen (secondary N) is 10. The summed E-state index contributed by atoms with van der Waals surface area (Å²) in [5, 5.41) is 41.0. The van der Waals surface area contributed by atoms with Gasteiger partial charge in [-0.25, -0.2) is 0 Å². The molecule has 6 aromatic rings. The summed E-state index contributed by atoms with van der Waals surface area (Å²) in [6.07, 6.45) is 4.28. The molecule has 0 aliphatic rings. The molecule has 0 fully saturated rings. The van der Waals surface area contributed by atoms with Crippen LogP contribution in [0, 0.1) is 0 Å². The van der Waals surface area contributed by atoms with Gasteiger partial charge in [-0.05, 0) is 79.0 Å². The monoisotopic (exact) mass is 1100 g/mol. The maximum absolute atomic E-state index is 12.9. The lowest BCUT2D eigenvalue weighted by atomic mass is 10.1. The molecule has 0 spiro atoms. The van der Waals surface area contributed by atoms with Crippen LogP contribution in [0.1, 0.15) is 30.9 Å². The van der Waals surface area contributed by atoms with E-state index >= 15 is 0 Å². The lowest BCUT2D eigenvalue weighted by Gasteiger charge is -2.13. The number of ether oxygens (including phenoxy) is 2. The molecular weight excluding hydrogens is 1030 g/mol. The second-order valence-corrected chi connectivity index (χ2v) is 19.6. The molecule has 25 nitrogen and oxygen atoms in total. The number of aromatic nitrogens is 6. The predicted octanol–water partition coefficient (Wildman–Crippen LogP) is 4.70. The molecule has 0 radical (unpaired) electrons. The predicted molar refractivity (Wildman–Crippen MR) is 299 cm³/mol. The first kappa shape index (κ1) is 59.2. The number of benzene rings is 4. The highest BCUT2D eigenvalue weighted by Gasteiger charge is 2.19. The largest absolute Gasteiger partial charge is 0.394 e. The van der Waals surface area contributed by atoms with Crippen LogP contribution in [0.4, 0.5) is 58.4 Å². The van der Waals surface area contributed by atoms with Gasteiger partial charge in [0.05, 0.1) is 26.4 Å². The van der Waals surface area contributed by atoms with Crippen LogP contribution in [0.2, 0.25) is 0 Å². The third-order valence-electron chi connectivity index (χ3n) is 10.7. The molecule has 0 aliphatic carbocycles. The highest BCUT2D eigenvalue weighted by molar-refractivity contribution is 7.86. The Balaban J connectivity index is 1.13. The minimum atomic E-state index is -4.88. The second kappa shape index (κ2) is 31.9. The summed E-state index contributed by atoms with van der Waals surface area (Å²) in [5.41, 5.74) is 1.74. The lowest BCUT2D eigenvalue weighted by Crippen LogP contribution is -2.36. The Labute approximate surface area is 448 Å². The number of anilines is 10. The zero-order chi connectivity index (χ0) is 54.6. The number of nitrogens with zero attached hydrogens (tertiary/aromatic N) is 6. The summed E-state index contributed by atoms with van der Waals surface area (Å²) in [5.74, 6) is 0.874. The summed E-state index contributed by atoms with van der Waals surface area (Å²) in [6, 6.07) is 26.6. The van der Waals surface area contributed by atoms with Crippen LogP contribution in [-0.2, 0) is 29.7 Å². The Kier molecular flexibility index (Phi) is 24.5. The third kappa shape index (κ3) is 21.9. The molecule has 77 heavy (non-hydrogen) atoms. The van der Waals surface area contributed by atoms with Gasteiger partial charge in [-0.3, -0.25) is 9.11 Å². The summed E-state index contributed by atoms with van der Waals surface area (Å²) < 4.78 is 83.0. The quantitative estimate of drug-likeness (QED) is 0.0143. The molecule has 0 bridgehead atoms. The first-order valence-corrected chi connectivity index (χ1v) is 27.9. The molecule has 0 aliphatic heterocycles. The van der Waals surface area contributed by atoms with Crippen LogP contribution in [0.25, 0.3) is 12.2 Å². The fourth-order valence-electron chi connectivity index (χ4n) is 7.05. The number of para-hydroxylation sites is 2. The summed E-state index contributed by atoms with van der Waals surface area (Å²) in [6.45, 7) is 11.2. The van der Waals surface area contributed by atoms with Crippen LogP contribution in [-0.4, -0.2) is 159 Å². The molecule has 0 amide bonds. The van der Waals surface area contributed by atoms with E-state index in [-0.39, 0.29) is 71.4 Å². The topological polar surface area (TPSA) is 345 Å². The van der Waals surface area contributed by atoms with Crippen molar-refractivity contribution in [2.75, 3.05) is 130 Å². The number of aliphatic hydroxyl groups is 1. The number of aliphatic hydroxyl groups excluding tert-OH is 1. The van der Waals surface area contributed by atoms with Crippen molar-refractivity contribution in [1.82, 2.24) is 51.2 Å². The van der Waals surface area contributed by atoms with E-state index in [1.54, 1.807) is 0 Å². The second-order valence-electron chi connectivity index (χ2n) is 16.8. The first-order chi connectivity index (χ1) is 37.4. The average Bonchev–Trinajstić information content (AvgIpc) is 3.42. The molecule has 13 N–H and O–H groups in total. The van der Waals surface area contributed by atoms with Gasteiger partial charge in [0.25, 0.3) is 20.2 Å². The summed E-state index contributed by atoms with van der Waals surface area (Å²) in [4.78, 5) is 25.8. The first-order valence-electron chi connectivity index (χ1n) is 25.0. The van der Waals surface area contributed by atoms with Crippen LogP contribution < -0.4 is 53.2 Å². The van der Waals surface area contributed by atoms with E-state index < -0.39 is 30.0 Å². The molecular formula is C50H68N16O9S2. The molecule has 6 rings (SSSR count). The number of hydrogen-bond acceptors (Lipinski definition) is 23. The highest BCUT2D eigenvalue weighted by atomic mass is 32.2. The molecule has 0 saturated carbocycles. The van der Waals surface area contributed by atoms with Gasteiger partial charge in [0.1, 0.15) is 9.79 Å². The van der Waals surface area contributed by atoms with E-state index in [0.717, 1.165) is 58.3 Å². The Hall–Kier alpha value is -7.02. The van der Waals surface area contributed by atoms with Crippen molar-refractivity contribution in [3.63, 3.8) is 0 Å². The number of rotatable bonds is 37. The van der Waals surface area contributed by atoms with E-state index in [1.165, 1.54) is 42.5 Å². The molecule has 27 heteroatoms. The molecule has 414 valence electrons. The van der Waals surface area contributed by atoms with Crippen LogP contribution in [0.3, 0.4) is 0 Å². The van der Waals surface area contributed by atoms with Crippen molar-refractivity contribution < 1.29 is 40.5 Å². The molecule has 0 unspecified atom stereocenters. The maximum Gasteiger partial charge on any atom is 0.295 e. The van der Waals surface area contributed by atoms with Crippen molar-refractivity contribution in [3.8, 4) is 0 Å². The summed E-state index contributed by atoms with van der Waals surface area (Å²) in [7, 11) is -9.75. The van der Waals surface area contributed by atoms with Crippen LogP contribution in [0.5, 0.6) is 0 Å². The Morgan fingerprint density at radius 3 is 1.23 bits per heavy atom. The van der Waals surface area contributed by atoms with E-state index in [1.807, 2.05) is 60.7 Å². The van der Waals surface area contributed by atoms with Gasteiger partial charge in [-0.2, -0.15) is 46.7 Å². The Morgan fingerprint density at radius 1 is 0.442 bits per heavy atom. The molecule has 0 saturated heterocycles. The maximum atomic E-state index is 12.9. The van der Waals surface area contributed by atoms with Crippen molar-refractivity contribution >= 4 is 90.8 Å². The molecule has 4 aromatic carbocycles. The van der Waals surface area contributed by atoms with E-state index in [2.05, 4.69) is 90.0 Å². The smallest absolute Gasteiger partial charge is 0.295 e. The van der Waals surface area contributed by atoms with Gasteiger partial charge >= 0.3 is 0 Å². The fourth-order valence-corrected chi connectivity index (χ4v) is 8.47. The third-order valence-corrected chi connectivity index (χ3v) is 12.5. The van der Waals surface area contributed by atoms with Gasteiger partial charge in [0, 0.05) is 88.3 Å². The molecule has 2 aromatic heterocycles. The normalized spacial score (nSPS) is 11.7.